The van der Waals surface area contributed by atoms with Crippen LogP contribution in [0.3, 0.4) is 0 Å². The predicted molar refractivity (Wildman–Crippen MR) is 131 cm³/mol. The third-order valence-corrected chi connectivity index (χ3v) is 10.2. The van der Waals surface area contributed by atoms with Crippen LogP contribution < -0.4 is 5.32 Å². The van der Waals surface area contributed by atoms with E-state index in [1.165, 1.54) is 12.4 Å². The zero-order valence-electron chi connectivity index (χ0n) is 22.1. The molecule has 3 N–H and O–H groups in total. The monoisotopic (exact) mass is 501 g/mol. The van der Waals surface area contributed by atoms with Gasteiger partial charge in [-0.2, -0.15) is 0 Å². The lowest BCUT2D eigenvalue weighted by molar-refractivity contribution is -0.198. The molecule has 4 rings (SSSR count). The molecule has 3 aliphatic rings. The van der Waals surface area contributed by atoms with Crippen LogP contribution in [0.25, 0.3) is 0 Å². The van der Waals surface area contributed by atoms with E-state index in [2.05, 4.69) is 22.2 Å². The van der Waals surface area contributed by atoms with Crippen molar-refractivity contribution < 1.29 is 29.3 Å². The summed E-state index contributed by atoms with van der Waals surface area (Å²) in [4.78, 5) is 47.2. The van der Waals surface area contributed by atoms with E-state index in [0.29, 0.717) is 25.1 Å². The first-order valence-corrected chi connectivity index (χ1v) is 13.0. The number of aliphatic hydroxyl groups excluding tert-OH is 2. The second-order valence-electron chi connectivity index (χ2n) is 11.9. The van der Waals surface area contributed by atoms with Crippen LogP contribution in [0.2, 0.25) is 0 Å². The van der Waals surface area contributed by atoms with Gasteiger partial charge in [0.2, 0.25) is 0 Å². The lowest BCUT2D eigenvalue weighted by Gasteiger charge is -2.61. The predicted octanol–water partition coefficient (Wildman–Crippen LogP) is 3.21. The normalized spacial score (nSPS) is 42.2. The van der Waals surface area contributed by atoms with Crippen LogP contribution in [-0.4, -0.2) is 56.3 Å². The molecule has 36 heavy (non-hydrogen) atoms. The highest BCUT2D eigenvalue weighted by molar-refractivity contribution is 6.02. The number of rotatable bonds is 3. The largest absolute Gasteiger partial charge is 0.445 e. The van der Waals surface area contributed by atoms with Gasteiger partial charge in [0.25, 0.3) is 5.91 Å². The highest BCUT2D eigenvalue weighted by Gasteiger charge is 2.70. The Morgan fingerprint density at radius 1 is 1.17 bits per heavy atom. The van der Waals surface area contributed by atoms with Gasteiger partial charge in [-0.3, -0.25) is 14.9 Å². The molecule has 9 nitrogen and oxygen atoms in total. The molecule has 3 saturated carbocycles. The number of carbonyl (C=O) groups is 3. The number of aromatic nitrogens is 2. The second-order valence-corrected chi connectivity index (χ2v) is 11.9. The van der Waals surface area contributed by atoms with Gasteiger partial charge in [-0.1, -0.05) is 34.6 Å². The summed E-state index contributed by atoms with van der Waals surface area (Å²) in [5.74, 6) is -1.16. The fourth-order valence-electron chi connectivity index (χ4n) is 7.52. The first-order chi connectivity index (χ1) is 16.8. The van der Waals surface area contributed by atoms with Crippen LogP contribution in [0.5, 0.6) is 0 Å². The zero-order valence-corrected chi connectivity index (χ0v) is 22.1. The summed E-state index contributed by atoms with van der Waals surface area (Å²) in [6, 6.07) is 0. The fourth-order valence-corrected chi connectivity index (χ4v) is 7.52. The number of Topliss-reactive ketones (excluding diaryl/α,β-unsaturated/α-hetero) is 1. The summed E-state index contributed by atoms with van der Waals surface area (Å²) in [7, 11) is 0. The molecule has 0 radical (unpaired) electrons. The molecule has 9 atom stereocenters. The Kier molecular flexibility index (Phi) is 6.79. The second kappa shape index (κ2) is 9.17. The SMILES string of the molecule is CC[C@]1(C)CC(OC(=O)NC(=O)c2cnc(C)nc2)[C@]2(C)C(C)CC[C@]3(C[C@H](O)C(=O)C23)[C@@H](C)[C@@H]1O. The van der Waals surface area contributed by atoms with Crippen molar-refractivity contribution in [1.82, 2.24) is 15.3 Å². The molecule has 0 aliphatic heterocycles. The Labute approximate surface area is 212 Å². The third-order valence-electron chi connectivity index (χ3n) is 10.2. The number of alkyl carbamates (subject to hydrolysis) is 1. The van der Waals surface area contributed by atoms with Crippen LogP contribution in [-0.2, 0) is 9.53 Å². The first kappa shape index (κ1) is 26.7. The van der Waals surface area contributed by atoms with Gasteiger partial charge in [0.15, 0.2) is 5.78 Å². The molecule has 0 saturated heterocycles. The van der Waals surface area contributed by atoms with Crippen LogP contribution in [0.4, 0.5) is 4.79 Å². The first-order valence-electron chi connectivity index (χ1n) is 13.0. The van der Waals surface area contributed by atoms with E-state index >= 15 is 0 Å². The summed E-state index contributed by atoms with van der Waals surface area (Å²) in [6.45, 7) is 11.7. The molecule has 2 amide bonds. The molecule has 1 aromatic heterocycles. The number of amides is 2. The molecule has 3 aliphatic carbocycles. The average Bonchev–Trinajstić information content (AvgIpc) is 3.11. The van der Waals surface area contributed by atoms with Crippen molar-refractivity contribution in [2.24, 2.45) is 34.0 Å². The molecule has 3 unspecified atom stereocenters. The van der Waals surface area contributed by atoms with Gasteiger partial charge in [-0.25, -0.2) is 14.8 Å². The smallest absolute Gasteiger partial charge is 0.414 e. The van der Waals surface area contributed by atoms with Gasteiger partial charge < -0.3 is 14.9 Å². The van der Waals surface area contributed by atoms with Gasteiger partial charge in [-0.05, 0) is 61.7 Å². The summed E-state index contributed by atoms with van der Waals surface area (Å²) >= 11 is 0. The molecule has 2 bridgehead atoms. The fraction of sp³-hybridized carbons (Fsp3) is 0.741. The highest BCUT2D eigenvalue weighted by atomic mass is 16.6. The van der Waals surface area contributed by atoms with Crippen LogP contribution in [0.1, 0.15) is 82.9 Å². The molecule has 1 heterocycles. The number of nitrogens with one attached hydrogen (secondary N) is 1. The number of ketones is 1. The summed E-state index contributed by atoms with van der Waals surface area (Å²) in [5.41, 5.74) is -1.82. The number of nitrogens with zero attached hydrogens (tertiary/aromatic N) is 2. The molecule has 198 valence electrons. The Bertz CT molecular complexity index is 1050. The van der Waals surface area contributed by atoms with Crippen molar-refractivity contribution in [3.63, 3.8) is 0 Å². The summed E-state index contributed by atoms with van der Waals surface area (Å²) < 4.78 is 6.01. The van der Waals surface area contributed by atoms with Gasteiger partial charge in [-0.15, -0.1) is 0 Å². The van der Waals surface area contributed by atoms with E-state index in [9.17, 15) is 24.6 Å². The van der Waals surface area contributed by atoms with E-state index in [-0.39, 0.29) is 23.2 Å². The summed E-state index contributed by atoms with van der Waals surface area (Å²) in [6.07, 6.45) is 1.95. The van der Waals surface area contributed by atoms with Crippen molar-refractivity contribution in [2.75, 3.05) is 0 Å². The average molecular weight is 502 g/mol. The number of carbonyl (C=O) groups excluding carboxylic acids is 3. The third kappa shape index (κ3) is 3.95. The number of aryl methyl sites for hydroxylation is 1. The zero-order chi connectivity index (χ0) is 26.6. The molecular weight excluding hydrogens is 462 g/mol. The Morgan fingerprint density at radius 2 is 1.81 bits per heavy atom. The number of ether oxygens (including phenoxy) is 1. The molecule has 0 spiro atoms. The van der Waals surface area contributed by atoms with Crippen LogP contribution in [0, 0.1) is 40.9 Å². The topological polar surface area (TPSA) is 139 Å². The van der Waals surface area contributed by atoms with E-state index < -0.39 is 52.5 Å². The molecule has 0 aromatic carbocycles. The standard InChI is InChI=1S/C27H39N3O6/c1-7-25(5)11-19(36-24(35)30-23(34)17-12-28-16(4)29-13-17)26(6)14(2)8-9-27(15(3)22(25)33)10-18(31)20(32)21(26)27/h12-15,18-19,21-22,31,33H,7-11H2,1-6H3,(H,30,34,35)/t14?,15-,18-,19?,21?,22-,25+,26-,27-/m0/s1. The Morgan fingerprint density at radius 3 is 2.42 bits per heavy atom. The van der Waals surface area contributed by atoms with Crippen molar-refractivity contribution in [3.8, 4) is 0 Å². The van der Waals surface area contributed by atoms with Gasteiger partial charge in [0.05, 0.1) is 11.7 Å². The minimum atomic E-state index is -1.10. The lowest BCUT2D eigenvalue weighted by atomic mass is 9.43. The van der Waals surface area contributed by atoms with Crippen molar-refractivity contribution in [1.29, 1.82) is 0 Å². The van der Waals surface area contributed by atoms with E-state index in [0.717, 1.165) is 12.8 Å². The highest BCUT2D eigenvalue weighted by Crippen LogP contribution is 2.68. The van der Waals surface area contributed by atoms with Gasteiger partial charge >= 0.3 is 6.09 Å². The van der Waals surface area contributed by atoms with Crippen molar-refractivity contribution >= 4 is 17.8 Å². The van der Waals surface area contributed by atoms with Crippen LogP contribution >= 0.6 is 0 Å². The molecule has 1 aromatic rings. The number of hydrogen-bond acceptors (Lipinski definition) is 8. The molecular formula is C27H39N3O6. The van der Waals surface area contributed by atoms with E-state index in [4.69, 9.17) is 4.74 Å². The lowest BCUT2D eigenvalue weighted by Crippen LogP contribution is -2.63. The molecule has 9 heteroatoms. The minimum absolute atomic E-state index is 0.0208. The maximum atomic E-state index is 13.5. The number of imide groups is 1. The van der Waals surface area contributed by atoms with Crippen LogP contribution in [0.15, 0.2) is 12.4 Å². The maximum absolute atomic E-state index is 13.5. The molecule has 3 fully saturated rings. The van der Waals surface area contributed by atoms with Crippen molar-refractivity contribution in [2.45, 2.75) is 92.0 Å². The Balaban J connectivity index is 1.72. The van der Waals surface area contributed by atoms with Crippen molar-refractivity contribution in [3.05, 3.63) is 23.8 Å². The Hall–Kier alpha value is -2.39. The maximum Gasteiger partial charge on any atom is 0.414 e. The number of aliphatic hydroxyl groups is 2. The minimum Gasteiger partial charge on any atom is -0.445 e. The summed E-state index contributed by atoms with van der Waals surface area (Å²) in [5, 5.41) is 24.7. The quantitative estimate of drug-likeness (QED) is 0.574. The van der Waals surface area contributed by atoms with E-state index in [1.54, 1.807) is 6.92 Å². The van der Waals surface area contributed by atoms with Gasteiger partial charge in [0.1, 0.15) is 18.0 Å². The van der Waals surface area contributed by atoms with E-state index in [1.807, 2.05) is 27.7 Å². The van der Waals surface area contributed by atoms with Gasteiger partial charge in [0, 0.05) is 23.7 Å². The number of hydrogen-bond donors (Lipinski definition) is 3.